The Balaban J connectivity index is 2.12. The molecule has 0 unspecified atom stereocenters. The standard InChI is InChI=1S/C14H13ClN4/c1-8-7-10-13(16-8)17-9(2)18-14(10)19-12-6-4-3-5-11(12)15/h3-7H,1-2H3,(H2,16,17,18,19). The summed E-state index contributed by atoms with van der Waals surface area (Å²) in [5, 5.41) is 4.89. The summed E-state index contributed by atoms with van der Waals surface area (Å²) in [5.74, 6) is 1.48. The summed E-state index contributed by atoms with van der Waals surface area (Å²) in [4.78, 5) is 12.0. The van der Waals surface area contributed by atoms with Crippen molar-refractivity contribution in [3.05, 3.63) is 46.9 Å². The summed E-state index contributed by atoms with van der Waals surface area (Å²) in [6.45, 7) is 3.86. The summed E-state index contributed by atoms with van der Waals surface area (Å²) >= 11 is 6.16. The zero-order valence-electron chi connectivity index (χ0n) is 10.7. The van der Waals surface area contributed by atoms with Crippen molar-refractivity contribution in [1.29, 1.82) is 0 Å². The lowest BCUT2D eigenvalue weighted by atomic mass is 10.3. The maximum atomic E-state index is 6.16. The predicted molar refractivity (Wildman–Crippen MR) is 78.1 cm³/mol. The van der Waals surface area contributed by atoms with Gasteiger partial charge in [0.05, 0.1) is 16.1 Å². The third-order valence-electron chi connectivity index (χ3n) is 2.86. The maximum absolute atomic E-state index is 6.16. The molecule has 1 aromatic carbocycles. The molecule has 0 fully saturated rings. The highest BCUT2D eigenvalue weighted by Crippen LogP contribution is 2.28. The van der Waals surface area contributed by atoms with Crippen molar-refractivity contribution in [1.82, 2.24) is 15.0 Å². The highest BCUT2D eigenvalue weighted by Gasteiger charge is 2.09. The number of anilines is 2. The van der Waals surface area contributed by atoms with Gasteiger partial charge in [0.2, 0.25) is 0 Å². The van der Waals surface area contributed by atoms with Gasteiger partial charge in [0, 0.05) is 5.69 Å². The first-order chi connectivity index (χ1) is 9.13. The maximum Gasteiger partial charge on any atom is 0.143 e. The van der Waals surface area contributed by atoms with E-state index in [1.54, 1.807) is 0 Å². The van der Waals surface area contributed by atoms with Gasteiger partial charge in [-0.1, -0.05) is 23.7 Å². The van der Waals surface area contributed by atoms with Gasteiger partial charge in [-0.3, -0.25) is 0 Å². The Labute approximate surface area is 115 Å². The highest BCUT2D eigenvalue weighted by molar-refractivity contribution is 6.33. The summed E-state index contributed by atoms with van der Waals surface area (Å²) in [6.07, 6.45) is 0. The number of para-hydroxylation sites is 1. The molecule has 0 aliphatic heterocycles. The average Bonchev–Trinajstić information content (AvgIpc) is 2.72. The minimum atomic E-state index is 0.666. The average molecular weight is 273 g/mol. The van der Waals surface area contributed by atoms with Crippen LogP contribution in [0.4, 0.5) is 11.5 Å². The fraction of sp³-hybridized carbons (Fsp3) is 0.143. The minimum absolute atomic E-state index is 0.666. The van der Waals surface area contributed by atoms with E-state index in [9.17, 15) is 0 Å². The van der Waals surface area contributed by atoms with Crippen LogP contribution in [0.3, 0.4) is 0 Å². The number of halogens is 1. The molecular weight excluding hydrogens is 260 g/mol. The van der Waals surface area contributed by atoms with Gasteiger partial charge < -0.3 is 10.3 Å². The van der Waals surface area contributed by atoms with E-state index in [1.165, 1.54) is 0 Å². The van der Waals surface area contributed by atoms with Crippen molar-refractivity contribution >= 4 is 34.1 Å². The van der Waals surface area contributed by atoms with Crippen LogP contribution >= 0.6 is 11.6 Å². The second kappa shape index (κ2) is 4.55. The molecule has 0 aliphatic carbocycles. The number of aromatic nitrogens is 3. The molecule has 4 nitrogen and oxygen atoms in total. The number of benzene rings is 1. The number of H-pyrrole nitrogens is 1. The van der Waals surface area contributed by atoms with E-state index in [2.05, 4.69) is 20.3 Å². The number of fused-ring (bicyclic) bond motifs is 1. The number of nitrogens with zero attached hydrogens (tertiary/aromatic N) is 2. The fourth-order valence-electron chi connectivity index (χ4n) is 2.04. The van der Waals surface area contributed by atoms with Crippen LogP contribution in [-0.2, 0) is 0 Å². The van der Waals surface area contributed by atoms with Crippen molar-refractivity contribution < 1.29 is 0 Å². The summed E-state index contributed by atoms with van der Waals surface area (Å²) in [7, 11) is 0. The molecule has 0 amide bonds. The van der Waals surface area contributed by atoms with Gasteiger partial charge in [-0.2, -0.15) is 0 Å². The van der Waals surface area contributed by atoms with Crippen LogP contribution < -0.4 is 5.32 Å². The Kier molecular flexibility index (Phi) is 2.87. The third-order valence-corrected chi connectivity index (χ3v) is 3.19. The molecule has 96 valence electrons. The van der Waals surface area contributed by atoms with Gasteiger partial charge in [-0.15, -0.1) is 0 Å². The van der Waals surface area contributed by atoms with Gasteiger partial charge in [0.15, 0.2) is 0 Å². The van der Waals surface area contributed by atoms with E-state index in [-0.39, 0.29) is 0 Å². The van der Waals surface area contributed by atoms with Gasteiger partial charge in [0.1, 0.15) is 17.3 Å². The van der Waals surface area contributed by atoms with E-state index in [4.69, 9.17) is 11.6 Å². The van der Waals surface area contributed by atoms with Crippen molar-refractivity contribution in [2.45, 2.75) is 13.8 Å². The van der Waals surface area contributed by atoms with E-state index in [1.807, 2.05) is 44.2 Å². The van der Waals surface area contributed by atoms with Crippen LogP contribution in [0.1, 0.15) is 11.5 Å². The molecule has 2 N–H and O–H groups in total. The van der Waals surface area contributed by atoms with Crippen LogP contribution in [0.5, 0.6) is 0 Å². The molecule has 2 aromatic heterocycles. The molecule has 2 heterocycles. The number of aryl methyl sites for hydroxylation is 2. The van der Waals surface area contributed by atoms with Crippen LogP contribution in [0.15, 0.2) is 30.3 Å². The molecule has 5 heteroatoms. The molecule has 0 radical (unpaired) electrons. The lowest BCUT2D eigenvalue weighted by molar-refractivity contribution is 1.08. The number of rotatable bonds is 2. The van der Waals surface area contributed by atoms with E-state index < -0.39 is 0 Å². The molecule has 19 heavy (non-hydrogen) atoms. The number of hydrogen-bond donors (Lipinski definition) is 2. The third kappa shape index (κ3) is 2.27. The van der Waals surface area contributed by atoms with Gasteiger partial charge in [-0.25, -0.2) is 9.97 Å². The highest BCUT2D eigenvalue weighted by atomic mass is 35.5. The lowest BCUT2D eigenvalue weighted by Gasteiger charge is -2.08. The normalized spacial score (nSPS) is 10.9. The Morgan fingerprint density at radius 2 is 1.95 bits per heavy atom. The van der Waals surface area contributed by atoms with Crippen LogP contribution in [0.25, 0.3) is 11.0 Å². The molecule has 0 atom stereocenters. The second-order valence-electron chi connectivity index (χ2n) is 4.44. The van der Waals surface area contributed by atoms with Crippen molar-refractivity contribution in [3.8, 4) is 0 Å². The molecule has 0 aliphatic rings. The molecule has 0 saturated heterocycles. The smallest absolute Gasteiger partial charge is 0.143 e. The summed E-state index contributed by atoms with van der Waals surface area (Å²) in [6, 6.07) is 9.62. The molecule has 0 spiro atoms. The zero-order valence-corrected chi connectivity index (χ0v) is 11.4. The Morgan fingerprint density at radius 1 is 1.16 bits per heavy atom. The number of hydrogen-bond acceptors (Lipinski definition) is 3. The molecule has 3 rings (SSSR count). The monoisotopic (exact) mass is 272 g/mol. The fourth-order valence-corrected chi connectivity index (χ4v) is 2.22. The molecule has 0 bridgehead atoms. The zero-order chi connectivity index (χ0) is 13.4. The molecule has 3 aromatic rings. The van der Waals surface area contributed by atoms with E-state index in [0.717, 1.165) is 28.2 Å². The van der Waals surface area contributed by atoms with Gasteiger partial charge in [-0.05, 0) is 32.0 Å². The minimum Gasteiger partial charge on any atom is -0.343 e. The van der Waals surface area contributed by atoms with Crippen LogP contribution in [-0.4, -0.2) is 15.0 Å². The SMILES string of the molecule is Cc1nc(Nc2ccccc2Cl)c2cc(C)[nH]c2n1. The van der Waals surface area contributed by atoms with Crippen molar-refractivity contribution in [3.63, 3.8) is 0 Å². The number of nitrogens with one attached hydrogen (secondary N) is 2. The van der Waals surface area contributed by atoms with Crippen molar-refractivity contribution in [2.75, 3.05) is 5.32 Å². The Bertz CT molecular complexity index is 748. The Morgan fingerprint density at radius 3 is 2.74 bits per heavy atom. The first-order valence-corrected chi connectivity index (χ1v) is 6.37. The van der Waals surface area contributed by atoms with Gasteiger partial charge in [0.25, 0.3) is 0 Å². The molecular formula is C14H13ClN4. The van der Waals surface area contributed by atoms with E-state index in [0.29, 0.717) is 10.8 Å². The lowest BCUT2D eigenvalue weighted by Crippen LogP contribution is -1.98. The summed E-state index contributed by atoms with van der Waals surface area (Å²) in [5.41, 5.74) is 2.72. The first kappa shape index (κ1) is 12.0. The van der Waals surface area contributed by atoms with Gasteiger partial charge >= 0.3 is 0 Å². The topological polar surface area (TPSA) is 53.6 Å². The van der Waals surface area contributed by atoms with E-state index >= 15 is 0 Å². The second-order valence-corrected chi connectivity index (χ2v) is 4.85. The molecule has 0 saturated carbocycles. The predicted octanol–water partition coefficient (Wildman–Crippen LogP) is 3.97. The Hall–Kier alpha value is -2.07. The van der Waals surface area contributed by atoms with Crippen LogP contribution in [0.2, 0.25) is 5.02 Å². The van der Waals surface area contributed by atoms with Crippen LogP contribution in [0, 0.1) is 13.8 Å². The number of aromatic amines is 1. The quantitative estimate of drug-likeness (QED) is 0.742. The largest absolute Gasteiger partial charge is 0.343 e. The summed E-state index contributed by atoms with van der Waals surface area (Å²) < 4.78 is 0. The van der Waals surface area contributed by atoms with Crippen molar-refractivity contribution in [2.24, 2.45) is 0 Å². The first-order valence-electron chi connectivity index (χ1n) is 5.99.